The van der Waals surface area contributed by atoms with Crippen molar-refractivity contribution in [2.45, 2.75) is 50.3 Å². The van der Waals surface area contributed by atoms with Crippen molar-refractivity contribution in [3.8, 4) is 0 Å². The van der Waals surface area contributed by atoms with E-state index in [1.165, 1.54) is 0 Å². The fraction of sp³-hybridized carbons (Fsp3) is 0.867. The predicted octanol–water partition coefficient (Wildman–Crippen LogP) is 1.39. The lowest BCUT2D eigenvalue weighted by Gasteiger charge is -2.45. The lowest BCUT2D eigenvalue weighted by Crippen LogP contribution is -2.61. The summed E-state index contributed by atoms with van der Waals surface area (Å²) in [5, 5.41) is 10.3. The first-order valence-electron chi connectivity index (χ1n) is 7.09. The standard InChI is InChI=1S/C15H28O5/c1-6-7-8-10(2)13-15(19-5)14(18-4)12(16)11(20-13)9-17-3/h6,10-16H,1,7-9H2,2-5H3. The molecule has 0 bridgehead atoms. The van der Waals surface area contributed by atoms with Crippen LogP contribution < -0.4 is 0 Å². The highest BCUT2D eigenvalue weighted by Crippen LogP contribution is 2.31. The van der Waals surface area contributed by atoms with Gasteiger partial charge < -0.3 is 24.1 Å². The summed E-state index contributed by atoms with van der Waals surface area (Å²) in [6, 6.07) is 0. The lowest BCUT2D eigenvalue weighted by atomic mass is 9.86. The number of allylic oxidation sites excluding steroid dienone is 1. The van der Waals surface area contributed by atoms with Crippen LogP contribution in [0.25, 0.3) is 0 Å². The molecule has 1 N–H and O–H groups in total. The molecule has 20 heavy (non-hydrogen) atoms. The van der Waals surface area contributed by atoms with Gasteiger partial charge in [0.15, 0.2) is 0 Å². The highest BCUT2D eigenvalue weighted by Gasteiger charge is 2.47. The molecule has 5 nitrogen and oxygen atoms in total. The van der Waals surface area contributed by atoms with Crippen LogP contribution in [0.4, 0.5) is 0 Å². The Labute approximate surface area is 121 Å². The molecule has 0 saturated carbocycles. The van der Waals surface area contributed by atoms with Gasteiger partial charge in [-0.05, 0) is 18.8 Å². The average molecular weight is 288 g/mol. The van der Waals surface area contributed by atoms with Crippen LogP contribution in [0.5, 0.6) is 0 Å². The molecule has 6 atom stereocenters. The Balaban J connectivity index is 2.85. The number of hydrogen-bond acceptors (Lipinski definition) is 5. The average Bonchev–Trinajstić information content (AvgIpc) is 2.46. The maximum atomic E-state index is 10.3. The number of ether oxygens (including phenoxy) is 4. The van der Waals surface area contributed by atoms with Crippen LogP contribution >= 0.6 is 0 Å². The third-order valence-corrected chi connectivity index (χ3v) is 3.96. The summed E-state index contributed by atoms with van der Waals surface area (Å²) in [5.74, 6) is 0.280. The van der Waals surface area contributed by atoms with Gasteiger partial charge in [0.1, 0.15) is 24.4 Å². The first kappa shape index (κ1) is 17.6. The van der Waals surface area contributed by atoms with Crippen molar-refractivity contribution in [3.05, 3.63) is 12.7 Å². The molecule has 0 radical (unpaired) electrons. The van der Waals surface area contributed by atoms with E-state index in [0.29, 0.717) is 6.61 Å². The van der Waals surface area contributed by atoms with Crippen LogP contribution in [-0.4, -0.2) is 63.6 Å². The van der Waals surface area contributed by atoms with Crippen molar-refractivity contribution >= 4 is 0 Å². The van der Waals surface area contributed by atoms with Gasteiger partial charge in [-0.15, -0.1) is 6.58 Å². The van der Waals surface area contributed by atoms with Gasteiger partial charge in [0.05, 0.1) is 12.7 Å². The molecule has 0 amide bonds. The fourth-order valence-electron chi connectivity index (χ4n) is 2.80. The van der Waals surface area contributed by atoms with Crippen LogP contribution in [0.15, 0.2) is 12.7 Å². The van der Waals surface area contributed by atoms with E-state index >= 15 is 0 Å². The smallest absolute Gasteiger partial charge is 0.114 e. The van der Waals surface area contributed by atoms with E-state index in [1.807, 2.05) is 6.08 Å². The van der Waals surface area contributed by atoms with Gasteiger partial charge in [-0.25, -0.2) is 0 Å². The Bertz CT molecular complexity index is 283. The summed E-state index contributed by atoms with van der Waals surface area (Å²) < 4.78 is 22.1. The SMILES string of the molecule is C=CCCC(C)C1OC(COC)C(O)C(OC)C1OC. The third kappa shape index (κ3) is 4.02. The van der Waals surface area contributed by atoms with Crippen molar-refractivity contribution < 1.29 is 24.1 Å². The van der Waals surface area contributed by atoms with Crippen LogP contribution in [-0.2, 0) is 18.9 Å². The third-order valence-electron chi connectivity index (χ3n) is 3.96. The highest BCUT2D eigenvalue weighted by atomic mass is 16.6. The summed E-state index contributed by atoms with van der Waals surface area (Å²) in [7, 11) is 4.80. The second-order valence-corrected chi connectivity index (χ2v) is 5.33. The molecule has 1 aliphatic heterocycles. The molecular formula is C15H28O5. The van der Waals surface area contributed by atoms with Gasteiger partial charge in [0, 0.05) is 21.3 Å². The molecule has 0 aromatic rings. The minimum atomic E-state index is -0.757. The van der Waals surface area contributed by atoms with Crippen LogP contribution in [0.3, 0.4) is 0 Å². The molecule has 118 valence electrons. The molecule has 0 aromatic heterocycles. The zero-order valence-corrected chi connectivity index (χ0v) is 13.0. The van der Waals surface area contributed by atoms with Gasteiger partial charge in [0.2, 0.25) is 0 Å². The number of rotatable bonds is 8. The van der Waals surface area contributed by atoms with E-state index in [2.05, 4.69) is 13.5 Å². The van der Waals surface area contributed by atoms with E-state index in [-0.39, 0.29) is 18.1 Å². The number of methoxy groups -OCH3 is 3. The van der Waals surface area contributed by atoms with Gasteiger partial charge in [-0.3, -0.25) is 0 Å². The van der Waals surface area contributed by atoms with Crippen molar-refractivity contribution in [1.29, 1.82) is 0 Å². The van der Waals surface area contributed by atoms with Crippen LogP contribution in [0, 0.1) is 5.92 Å². The monoisotopic (exact) mass is 288 g/mol. The first-order valence-corrected chi connectivity index (χ1v) is 7.09. The summed E-state index contributed by atoms with van der Waals surface area (Å²) in [5.41, 5.74) is 0. The minimum Gasteiger partial charge on any atom is -0.387 e. The molecule has 1 fully saturated rings. The van der Waals surface area contributed by atoms with Gasteiger partial charge in [-0.1, -0.05) is 13.0 Å². The summed E-state index contributed by atoms with van der Waals surface area (Å²) in [4.78, 5) is 0. The van der Waals surface area contributed by atoms with Crippen LogP contribution in [0.2, 0.25) is 0 Å². The van der Waals surface area contributed by atoms with Crippen molar-refractivity contribution in [2.24, 2.45) is 5.92 Å². The molecule has 6 unspecified atom stereocenters. The quantitative estimate of drug-likeness (QED) is 0.684. The number of aliphatic hydroxyl groups excluding tert-OH is 1. The Hall–Kier alpha value is -0.460. The molecule has 0 spiro atoms. The largest absolute Gasteiger partial charge is 0.387 e. The highest BCUT2D eigenvalue weighted by molar-refractivity contribution is 4.96. The maximum absolute atomic E-state index is 10.3. The molecule has 1 heterocycles. The normalized spacial score (nSPS) is 35.8. The summed E-state index contributed by atoms with van der Waals surface area (Å²) in [6.45, 7) is 6.20. The molecule has 1 aliphatic rings. The Morgan fingerprint density at radius 1 is 1.25 bits per heavy atom. The summed E-state index contributed by atoms with van der Waals surface area (Å²) in [6.07, 6.45) is 1.80. The predicted molar refractivity (Wildman–Crippen MR) is 76.7 cm³/mol. The molecule has 5 heteroatoms. The lowest BCUT2D eigenvalue weighted by molar-refractivity contribution is -0.253. The van der Waals surface area contributed by atoms with Gasteiger partial charge in [0.25, 0.3) is 0 Å². The van der Waals surface area contributed by atoms with Crippen molar-refractivity contribution in [2.75, 3.05) is 27.9 Å². The van der Waals surface area contributed by atoms with Crippen LogP contribution in [0.1, 0.15) is 19.8 Å². The zero-order valence-electron chi connectivity index (χ0n) is 13.0. The molecule has 0 aromatic carbocycles. The topological polar surface area (TPSA) is 57.2 Å². The van der Waals surface area contributed by atoms with Crippen molar-refractivity contribution in [3.63, 3.8) is 0 Å². The Morgan fingerprint density at radius 2 is 1.90 bits per heavy atom. The Morgan fingerprint density at radius 3 is 2.40 bits per heavy atom. The molecule has 0 aliphatic carbocycles. The Kier molecular flexibility index (Phi) is 7.69. The molecule has 1 saturated heterocycles. The summed E-state index contributed by atoms with van der Waals surface area (Å²) >= 11 is 0. The van der Waals surface area contributed by atoms with E-state index < -0.39 is 18.3 Å². The van der Waals surface area contributed by atoms with E-state index in [1.54, 1.807) is 21.3 Å². The van der Waals surface area contributed by atoms with E-state index in [0.717, 1.165) is 12.8 Å². The zero-order chi connectivity index (χ0) is 15.1. The van der Waals surface area contributed by atoms with Crippen molar-refractivity contribution in [1.82, 2.24) is 0 Å². The number of hydrogen-bond donors (Lipinski definition) is 1. The second kappa shape index (κ2) is 8.74. The van der Waals surface area contributed by atoms with E-state index in [4.69, 9.17) is 18.9 Å². The first-order chi connectivity index (χ1) is 9.60. The van der Waals surface area contributed by atoms with E-state index in [9.17, 15) is 5.11 Å². The number of aliphatic hydroxyl groups is 1. The minimum absolute atomic E-state index is 0.131. The molecular weight excluding hydrogens is 260 g/mol. The maximum Gasteiger partial charge on any atom is 0.114 e. The fourth-order valence-corrected chi connectivity index (χ4v) is 2.80. The second-order valence-electron chi connectivity index (χ2n) is 5.33. The van der Waals surface area contributed by atoms with Gasteiger partial charge >= 0.3 is 0 Å². The van der Waals surface area contributed by atoms with Gasteiger partial charge in [-0.2, -0.15) is 0 Å². The molecule has 1 rings (SSSR count).